The lowest BCUT2D eigenvalue weighted by atomic mass is 10.1. The summed E-state index contributed by atoms with van der Waals surface area (Å²) >= 11 is 0.875. The molecule has 1 rings (SSSR count). The second-order valence-corrected chi connectivity index (χ2v) is 6.71. The van der Waals surface area contributed by atoms with Gasteiger partial charge in [-0.05, 0) is 26.8 Å². The molecular formula is C13H17N3O6S. The molecule has 0 atom stereocenters. The van der Waals surface area contributed by atoms with Crippen molar-refractivity contribution in [2.75, 3.05) is 5.32 Å². The Hall–Kier alpha value is -2.62. The maximum absolute atomic E-state index is 11.6. The second-order valence-electron chi connectivity index (χ2n) is 5.58. The Balaban J connectivity index is 2.81. The van der Waals surface area contributed by atoms with Crippen LogP contribution in [0.15, 0.2) is 6.07 Å². The summed E-state index contributed by atoms with van der Waals surface area (Å²) in [6.45, 7) is 5.45. The SMILES string of the molecule is CC(C)(C)NC(=O)NCc1cc(C(=O)O)c(NC(=O)C(=O)O)s1. The van der Waals surface area contributed by atoms with Gasteiger partial charge in [0.2, 0.25) is 0 Å². The predicted octanol–water partition coefficient (Wildman–Crippen LogP) is 1.07. The summed E-state index contributed by atoms with van der Waals surface area (Å²) in [7, 11) is 0. The van der Waals surface area contributed by atoms with E-state index in [0.717, 1.165) is 11.3 Å². The number of hydrogen-bond acceptors (Lipinski definition) is 5. The normalized spacial score (nSPS) is 10.7. The highest BCUT2D eigenvalue weighted by Gasteiger charge is 2.20. The highest BCUT2D eigenvalue weighted by molar-refractivity contribution is 7.16. The number of anilines is 1. The Morgan fingerprint density at radius 3 is 2.26 bits per heavy atom. The van der Waals surface area contributed by atoms with E-state index in [1.807, 2.05) is 5.32 Å². The monoisotopic (exact) mass is 343 g/mol. The molecule has 0 fully saturated rings. The number of aromatic carboxylic acids is 1. The van der Waals surface area contributed by atoms with Crippen molar-refractivity contribution in [3.63, 3.8) is 0 Å². The standard InChI is InChI=1S/C13H17N3O6S/c1-13(2,3)16-12(22)14-5-6-4-7(10(18)19)9(23-6)15-8(17)11(20)21/h4H,5H2,1-3H3,(H,15,17)(H,18,19)(H,20,21)(H2,14,16,22). The zero-order valence-corrected chi connectivity index (χ0v) is 13.5. The molecule has 10 heteroatoms. The zero-order chi connectivity index (χ0) is 17.8. The highest BCUT2D eigenvalue weighted by Crippen LogP contribution is 2.28. The van der Waals surface area contributed by atoms with Crippen molar-refractivity contribution < 1.29 is 29.4 Å². The van der Waals surface area contributed by atoms with Crippen molar-refractivity contribution in [3.05, 3.63) is 16.5 Å². The van der Waals surface area contributed by atoms with Crippen LogP contribution in [0.1, 0.15) is 36.0 Å². The lowest BCUT2D eigenvalue weighted by Crippen LogP contribution is -2.46. The molecule has 0 saturated carbocycles. The Morgan fingerprint density at radius 2 is 1.78 bits per heavy atom. The van der Waals surface area contributed by atoms with E-state index in [0.29, 0.717) is 4.88 Å². The first-order valence-corrected chi connectivity index (χ1v) is 7.27. The van der Waals surface area contributed by atoms with Crippen molar-refractivity contribution >= 4 is 40.2 Å². The van der Waals surface area contributed by atoms with Gasteiger partial charge in [0.1, 0.15) is 5.00 Å². The summed E-state index contributed by atoms with van der Waals surface area (Å²) in [6.07, 6.45) is 0. The van der Waals surface area contributed by atoms with Crippen LogP contribution in [0.3, 0.4) is 0 Å². The molecule has 0 aliphatic rings. The fourth-order valence-corrected chi connectivity index (χ4v) is 2.47. The van der Waals surface area contributed by atoms with Gasteiger partial charge in [-0.3, -0.25) is 4.79 Å². The fourth-order valence-electron chi connectivity index (χ4n) is 1.49. The summed E-state index contributed by atoms with van der Waals surface area (Å²) < 4.78 is 0. The molecule has 9 nitrogen and oxygen atoms in total. The number of aliphatic carboxylic acids is 1. The number of thiophene rings is 1. The first-order chi connectivity index (χ1) is 10.5. The van der Waals surface area contributed by atoms with Gasteiger partial charge in [-0.1, -0.05) is 0 Å². The largest absolute Gasteiger partial charge is 0.478 e. The summed E-state index contributed by atoms with van der Waals surface area (Å²) in [5.74, 6) is -4.37. The van der Waals surface area contributed by atoms with E-state index >= 15 is 0 Å². The maximum atomic E-state index is 11.6. The van der Waals surface area contributed by atoms with Crippen LogP contribution in [-0.2, 0) is 16.1 Å². The number of hydrogen-bond donors (Lipinski definition) is 5. The third-order valence-electron chi connectivity index (χ3n) is 2.35. The van der Waals surface area contributed by atoms with Gasteiger partial charge in [0.15, 0.2) is 0 Å². The molecule has 0 radical (unpaired) electrons. The molecule has 0 aliphatic heterocycles. The predicted molar refractivity (Wildman–Crippen MR) is 82.7 cm³/mol. The maximum Gasteiger partial charge on any atom is 0.394 e. The first kappa shape index (κ1) is 18.4. The molecule has 0 unspecified atom stereocenters. The van der Waals surface area contributed by atoms with E-state index in [1.165, 1.54) is 6.07 Å². The van der Waals surface area contributed by atoms with E-state index in [-0.39, 0.29) is 17.1 Å². The number of rotatable bonds is 4. The van der Waals surface area contributed by atoms with E-state index in [2.05, 4.69) is 10.6 Å². The lowest BCUT2D eigenvalue weighted by Gasteiger charge is -2.20. The van der Waals surface area contributed by atoms with Crippen LogP contribution in [0.4, 0.5) is 9.80 Å². The number of urea groups is 1. The fraction of sp³-hybridized carbons (Fsp3) is 0.385. The van der Waals surface area contributed by atoms with Crippen LogP contribution in [-0.4, -0.2) is 39.6 Å². The minimum Gasteiger partial charge on any atom is -0.478 e. The average Bonchev–Trinajstić information content (AvgIpc) is 2.77. The van der Waals surface area contributed by atoms with Crippen molar-refractivity contribution in [1.29, 1.82) is 0 Å². The molecule has 1 aromatic heterocycles. The van der Waals surface area contributed by atoms with Gasteiger partial charge in [0, 0.05) is 10.4 Å². The molecule has 5 N–H and O–H groups in total. The van der Waals surface area contributed by atoms with Crippen LogP contribution in [0.25, 0.3) is 0 Å². The topological polar surface area (TPSA) is 145 Å². The van der Waals surface area contributed by atoms with E-state index in [9.17, 15) is 19.2 Å². The number of carbonyl (C=O) groups is 4. The van der Waals surface area contributed by atoms with Crippen molar-refractivity contribution in [2.24, 2.45) is 0 Å². The Kier molecular flexibility index (Phi) is 5.68. The van der Waals surface area contributed by atoms with E-state index in [1.54, 1.807) is 20.8 Å². The Bertz CT molecular complexity index is 647. The van der Waals surface area contributed by atoms with Gasteiger partial charge in [0.05, 0.1) is 12.1 Å². The Labute approximate surface area is 135 Å². The number of carboxylic acid groups (broad SMARTS) is 2. The van der Waals surface area contributed by atoms with Crippen LogP contribution < -0.4 is 16.0 Å². The van der Waals surface area contributed by atoms with Crippen molar-refractivity contribution in [1.82, 2.24) is 10.6 Å². The van der Waals surface area contributed by atoms with Gasteiger partial charge < -0.3 is 26.2 Å². The third kappa shape index (κ3) is 5.94. The van der Waals surface area contributed by atoms with Crippen LogP contribution >= 0.6 is 11.3 Å². The van der Waals surface area contributed by atoms with Crippen LogP contribution in [0.5, 0.6) is 0 Å². The molecule has 23 heavy (non-hydrogen) atoms. The van der Waals surface area contributed by atoms with Crippen LogP contribution in [0, 0.1) is 0 Å². The molecule has 0 spiro atoms. The molecule has 126 valence electrons. The van der Waals surface area contributed by atoms with Crippen LogP contribution in [0.2, 0.25) is 0 Å². The molecular weight excluding hydrogens is 326 g/mol. The molecule has 0 saturated heterocycles. The van der Waals surface area contributed by atoms with Gasteiger partial charge in [-0.25, -0.2) is 14.4 Å². The summed E-state index contributed by atoms with van der Waals surface area (Å²) in [6, 6.07) is 0.834. The average molecular weight is 343 g/mol. The van der Waals surface area contributed by atoms with E-state index in [4.69, 9.17) is 10.2 Å². The summed E-state index contributed by atoms with van der Waals surface area (Å²) in [4.78, 5) is 44.9. The smallest absolute Gasteiger partial charge is 0.394 e. The summed E-state index contributed by atoms with van der Waals surface area (Å²) in [5.41, 5.74) is -0.663. The minimum atomic E-state index is -1.72. The molecule has 3 amide bonds. The molecule has 1 heterocycles. The minimum absolute atomic E-state index is 0.0375. The second kappa shape index (κ2) is 7.09. The summed E-state index contributed by atoms with van der Waals surface area (Å²) in [5, 5.41) is 24.7. The lowest BCUT2D eigenvalue weighted by molar-refractivity contribution is -0.147. The quantitative estimate of drug-likeness (QED) is 0.517. The zero-order valence-electron chi connectivity index (χ0n) is 12.7. The molecule has 0 aromatic carbocycles. The van der Waals surface area contributed by atoms with Gasteiger partial charge in [0.25, 0.3) is 0 Å². The molecule has 0 bridgehead atoms. The third-order valence-corrected chi connectivity index (χ3v) is 3.40. The molecule has 0 aliphatic carbocycles. The van der Waals surface area contributed by atoms with Crippen molar-refractivity contribution in [2.45, 2.75) is 32.9 Å². The Morgan fingerprint density at radius 1 is 1.17 bits per heavy atom. The van der Waals surface area contributed by atoms with Crippen molar-refractivity contribution in [3.8, 4) is 0 Å². The number of nitrogens with one attached hydrogen (secondary N) is 3. The highest BCUT2D eigenvalue weighted by atomic mass is 32.1. The van der Waals surface area contributed by atoms with Gasteiger partial charge in [-0.2, -0.15) is 0 Å². The number of carbonyl (C=O) groups excluding carboxylic acids is 2. The van der Waals surface area contributed by atoms with Gasteiger partial charge >= 0.3 is 23.9 Å². The number of carboxylic acids is 2. The first-order valence-electron chi connectivity index (χ1n) is 6.46. The van der Waals surface area contributed by atoms with Gasteiger partial charge in [-0.15, -0.1) is 11.3 Å². The number of amides is 3. The van der Waals surface area contributed by atoms with E-state index < -0.39 is 29.4 Å². The molecule has 1 aromatic rings.